The number of esters is 1. The lowest BCUT2D eigenvalue weighted by molar-refractivity contribution is -0.149. The highest BCUT2D eigenvalue weighted by Crippen LogP contribution is 2.29. The molecule has 0 bridgehead atoms. The zero-order valence-corrected chi connectivity index (χ0v) is 19.7. The summed E-state index contributed by atoms with van der Waals surface area (Å²) in [6, 6.07) is 9.71. The summed E-state index contributed by atoms with van der Waals surface area (Å²) in [6.45, 7) is 8.62. The number of rotatable bonds is 7. The molecule has 3 rings (SSSR count). The summed E-state index contributed by atoms with van der Waals surface area (Å²) in [7, 11) is -3.57. The third-order valence-electron chi connectivity index (χ3n) is 5.76. The van der Waals surface area contributed by atoms with E-state index < -0.39 is 10.0 Å². The van der Waals surface area contributed by atoms with E-state index in [1.165, 1.54) is 4.31 Å². The predicted molar refractivity (Wildman–Crippen MR) is 120 cm³/mol. The van der Waals surface area contributed by atoms with Gasteiger partial charge >= 0.3 is 5.97 Å². The van der Waals surface area contributed by atoms with Crippen LogP contribution in [0.1, 0.15) is 47.3 Å². The van der Waals surface area contributed by atoms with Crippen LogP contribution >= 0.6 is 0 Å². The Labute approximate surface area is 185 Å². The number of aryl methyl sites for hydroxylation is 5. The average molecular weight is 445 g/mol. The van der Waals surface area contributed by atoms with Gasteiger partial charge in [0.05, 0.1) is 17.4 Å². The fraction of sp³-hybridized carbons (Fsp3) is 0.500. The van der Waals surface area contributed by atoms with Gasteiger partial charge in [0.2, 0.25) is 10.0 Å². The van der Waals surface area contributed by atoms with Crippen molar-refractivity contribution in [2.45, 2.75) is 58.3 Å². The largest absolute Gasteiger partial charge is 0.465 e. The second-order valence-electron chi connectivity index (χ2n) is 8.45. The first-order chi connectivity index (χ1) is 14.7. The van der Waals surface area contributed by atoms with E-state index in [1.807, 2.05) is 58.0 Å². The monoisotopic (exact) mass is 444 g/mol. The number of carbonyl (C=O) groups excluding carboxylic acids is 1. The Balaban J connectivity index is 1.50. The minimum atomic E-state index is -3.57. The Morgan fingerprint density at radius 1 is 1.10 bits per heavy atom. The standard InChI is InChI=1S/C24H32N2O4S/c1-17-15-18(2)23(19(3)16-17)31(28,29)26-12-10-21(11-13-26)24(27)30-14-6-9-22-8-5-7-20(4)25-22/h5,7-8,15-16,21H,6,9-14H2,1-4H3. The number of pyridine rings is 1. The van der Waals surface area contributed by atoms with E-state index in [9.17, 15) is 13.2 Å². The molecule has 1 aliphatic rings. The maximum atomic E-state index is 13.2. The van der Waals surface area contributed by atoms with Crippen molar-refractivity contribution in [2.24, 2.45) is 5.92 Å². The molecule has 1 aliphatic heterocycles. The Bertz CT molecular complexity index is 1020. The van der Waals surface area contributed by atoms with Crippen LogP contribution in [0.15, 0.2) is 35.2 Å². The number of nitrogens with zero attached hydrogens (tertiary/aromatic N) is 2. The molecule has 1 aromatic heterocycles. The molecule has 1 saturated heterocycles. The van der Waals surface area contributed by atoms with Crippen LogP contribution in [0.3, 0.4) is 0 Å². The van der Waals surface area contributed by atoms with Crippen LogP contribution in [0.2, 0.25) is 0 Å². The van der Waals surface area contributed by atoms with Gasteiger partial charge in [-0.2, -0.15) is 4.31 Å². The van der Waals surface area contributed by atoms with Crippen LogP contribution in [0.4, 0.5) is 0 Å². The molecule has 0 amide bonds. The highest BCUT2D eigenvalue weighted by atomic mass is 32.2. The van der Waals surface area contributed by atoms with Crippen molar-refractivity contribution in [3.8, 4) is 0 Å². The van der Waals surface area contributed by atoms with Gasteiger partial charge in [-0.25, -0.2) is 8.42 Å². The number of hydrogen-bond acceptors (Lipinski definition) is 5. The molecule has 31 heavy (non-hydrogen) atoms. The Hall–Kier alpha value is -2.25. The van der Waals surface area contributed by atoms with E-state index >= 15 is 0 Å². The van der Waals surface area contributed by atoms with Gasteiger partial charge in [-0.1, -0.05) is 23.8 Å². The molecule has 0 unspecified atom stereocenters. The third-order valence-corrected chi connectivity index (χ3v) is 7.96. The number of ether oxygens (including phenoxy) is 1. The fourth-order valence-electron chi connectivity index (χ4n) is 4.32. The molecule has 2 heterocycles. The zero-order chi connectivity index (χ0) is 22.6. The van der Waals surface area contributed by atoms with E-state index in [2.05, 4.69) is 4.98 Å². The van der Waals surface area contributed by atoms with Crippen LogP contribution in [-0.2, 0) is 26.0 Å². The van der Waals surface area contributed by atoms with Crippen LogP contribution in [0.25, 0.3) is 0 Å². The average Bonchev–Trinajstić information content (AvgIpc) is 2.70. The highest BCUT2D eigenvalue weighted by molar-refractivity contribution is 7.89. The van der Waals surface area contributed by atoms with Crippen molar-refractivity contribution in [3.63, 3.8) is 0 Å². The normalized spacial score (nSPS) is 15.7. The summed E-state index contributed by atoms with van der Waals surface area (Å²) in [5, 5.41) is 0. The predicted octanol–water partition coefficient (Wildman–Crippen LogP) is 3.89. The molecular formula is C24H32N2O4S. The smallest absolute Gasteiger partial charge is 0.309 e. The SMILES string of the molecule is Cc1cc(C)c(S(=O)(=O)N2CCC(C(=O)OCCCc3cccc(C)n3)CC2)c(C)c1. The van der Waals surface area contributed by atoms with Crippen molar-refractivity contribution >= 4 is 16.0 Å². The summed E-state index contributed by atoms with van der Waals surface area (Å²) in [4.78, 5) is 17.3. The minimum absolute atomic E-state index is 0.225. The van der Waals surface area contributed by atoms with Crippen LogP contribution in [0, 0.1) is 33.6 Å². The van der Waals surface area contributed by atoms with E-state index in [1.54, 1.807) is 0 Å². The molecule has 2 aromatic rings. The maximum absolute atomic E-state index is 13.2. The molecule has 6 nitrogen and oxygen atoms in total. The molecule has 0 radical (unpaired) electrons. The topological polar surface area (TPSA) is 76.6 Å². The summed E-state index contributed by atoms with van der Waals surface area (Å²) >= 11 is 0. The highest BCUT2D eigenvalue weighted by Gasteiger charge is 2.34. The molecule has 0 N–H and O–H groups in total. The second-order valence-corrected chi connectivity index (χ2v) is 10.3. The zero-order valence-electron chi connectivity index (χ0n) is 18.8. The van der Waals surface area contributed by atoms with Crippen molar-refractivity contribution in [1.82, 2.24) is 9.29 Å². The Morgan fingerprint density at radius 3 is 2.35 bits per heavy atom. The molecule has 168 valence electrons. The van der Waals surface area contributed by atoms with Crippen LogP contribution in [0.5, 0.6) is 0 Å². The number of piperidine rings is 1. The molecule has 1 fully saturated rings. The molecular weight excluding hydrogens is 412 g/mol. The number of aromatic nitrogens is 1. The molecule has 0 aliphatic carbocycles. The van der Waals surface area contributed by atoms with Crippen LogP contribution < -0.4 is 0 Å². The molecule has 1 aromatic carbocycles. The third kappa shape index (κ3) is 5.71. The van der Waals surface area contributed by atoms with Gasteiger partial charge in [0.25, 0.3) is 0 Å². The number of hydrogen-bond donors (Lipinski definition) is 0. The Morgan fingerprint density at radius 2 is 1.74 bits per heavy atom. The number of benzene rings is 1. The van der Waals surface area contributed by atoms with Gasteiger partial charge in [-0.3, -0.25) is 9.78 Å². The second kappa shape index (κ2) is 9.92. The molecule has 0 spiro atoms. The van der Waals surface area contributed by atoms with E-state index in [0.29, 0.717) is 37.4 Å². The van der Waals surface area contributed by atoms with Gasteiger partial charge in [0.15, 0.2) is 0 Å². The quantitative estimate of drug-likeness (QED) is 0.478. The molecule has 0 atom stereocenters. The van der Waals surface area contributed by atoms with Crippen molar-refractivity contribution in [3.05, 3.63) is 58.4 Å². The lowest BCUT2D eigenvalue weighted by Crippen LogP contribution is -2.41. The first-order valence-electron chi connectivity index (χ1n) is 10.9. The van der Waals surface area contributed by atoms with E-state index in [4.69, 9.17) is 4.74 Å². The lowest BCUT2D eigenvalue weighted by atomic mass is 9.98. The van der Waals surface area contributed by atoms with Crippen molar-refractivity contribution in [2.75, 3.05) is 19.7 Å². The lowest BCUT2D eigenvalue weighted by Gasteiger charge is -2.31. The van der Waals surface area contributed by atoms with Gasteiger partial charge in [0.1, 0.15) is 0 Å². The summed E-state index contributed by atoms with van der Waals surface area (Å²) in [5.41, 5.74) is 4.56. The minimum Gasteiger partial charge on any atom is -0.465 e. The van der Waals surface area contributed by atoms with Gasteiger partial charge in [-0.15, -0.1) is 0 Å². The Kier molecular flexibility index (Phi) is 7.49. The van der Waals surface area contributed by atoms with Gasteiger partial charge < -0.3 is 4.74 Å². The summed E-state index contributed by atoms with van der Waals surface area (Å²) in [5.74, 6) is -0.472. The van der Waals surface area contributed by atoms with E-state index in [0.717, 1.165) is 40.9 Å². The number of sulfonamides is 1. The summed E-state index contributed by atoms with van der Waals surface area (Å²) in [6.07, 6.45) is 2.46. The molecule has 7 heteroatoms. The van der Waals surface area contributed by atoms with Gasteiger partial charge in [0, 0.05) is 24.5 Å². The fourth-order valence-corrected chi connectivity index (χ4v) is 6.20. The van der Waals surface area contributed by atoms with Crippen LogP contribution in [-0.4, -0.2) is 43.4 Å². The summed E-state index contributed by atoms with van der Waals surface area (Å²) < 4.78 is 33.3. The number of carbonyl (C=O) groups is 1. The van der Waals surface area contributed by atoms with Gasteiger partial charge in [-0.05, 0) is 76.6 Å². The maximum Gasteiger partial charge on any atom is 0.309 e. The first kappa shape index (κ1) is 23.4. The van der Waals surface area contributed by atoms with E-state index in [-0.39, 0.29) is 11.9 Å². The molecule has 0 saturated carbocycles. The van der Waals surface area contributed by atoms with Crippen molar-refractivity contribution < 1.29 is 17.9 Å². The first-order valence-corrected chi connectivity index (χ1v) is 12.3. The van der Waals surface area contributed by atoms with Crippen molar-refractivity contribution in [1.29, 1.82) is 0 Å².